The molecule has 0 aliphatic heterocycles. The van der Waals surface area contributed by atoms with Crippen molar-refractivity contribution in [2.75, 3.05) is 7.05 Å². The molecule has 1 atom stereocenters. The van der Waals surface area contributed by atoms with Crippen molar-refractivity contribution in [3.05, 3.63) is 56.8 Å². The van der Waals surface area contributed by atoms with Crippen LogP contribution in [0.15, 0.2) is 29.6 Å². The van der Waals surface area contributed by atoms with Crippen molar-refractivity contribution < 1.29 is 0 Å². The Bertz CT molecular complexity index is 542. The molecule has 0 radical (unpaired) electrons. The Kier molecular flexibility index (Phi) is 4.78. The first-order valence-corrected chi connectivity index (χ1v) is 7.83. The van der Waals surface area contributed by atoms with E-state index in [0.29, 0.717) is 6.04 Å². The molecule has 102 valence electrons. The summed E-state index contributed by atoms with van der Waals surface area (Å²) in [6.07, 6.45) is 2.18. The van der Waals surface area contributed by atoms with Gasteiger partial charge in [0.05, 0.1) is 0 Å². The van der Waals surface area contributed by atoms with Gasteiger partial charge >= 0.3 is 0 Å². The monoisotopic (exact) mass is 273 g/mol. The third-order valence-electron chi connectivity index (χ3n) is 3.84. The summed E-state index contributed by atoms with van der Waals surface area (Å²) in [6, 6.07) is 9.49. The molecule has 1 N–H and O–H groups in total. The van der Waals surface area contributed by atoms with Gasteiger partial charge in [-0.1, -0.05) is 25.1 Å². The van der Waals surface area contributed by atoms with E-state index in [1.165, 1.54) is 27.1 Å². The van der Waals surface area contributed by atoms with Crippen LogP contribution in [0.5, 0.6) is 0 Å². The fourth-order valence-corrected chi connectivity index (χ4v) is 3.55. The average molecular weight is 273 g/mol. The molecule has 2 aromatic rings. The number of benzene rings is 1. The van der Waals surface area contributed by atoms with Gasteiger partial charge in [0.1, 0.15) is 0 Å². The maximum absolute atomic E-state index is 3.47. The first-order valence-electron chi connectivity index (χ1n) is 6.95. The Labute approximate surface area is 120 Å². The van der Waals surface area contributed by atoms with Gasteiger partial charge in [0, 0.05) is 10.9 Å². The lowest BCUT2D eigenvalue weighted by atomic mass is 9.98. The molecule has 1 aromatic heterocycles. The lowest BCUT2D eigenvalue weighted by Gasteiger charge is -2.17. The second kappa shape index (κ2) is 6.36. The van der Waals surface area contributed by atoms with Crippen molar-refractivity contribution >= 4 is 11.3 Å². The number of hydrogen-bond donors (Lipinski definition) is 1. The summed E-state index contributed by atoms with van der Waals surface area (Å²) < 4.78 is 0. The largest absolute Gasteiger partial charge is 0.312 e. The van der Waals surface area contributed by atoms with Crippen LogP contribution >= 0.6 is 11.3 Å². The smallest absolute Gasteiger partial charge is 0.0456 e. The Balaban J connectivity index is 2.21. The Morgan fingerprint density at radius 3 is 2.58 bits per heavy atom. The number of aryl methyl sites for hydroxylation is 3. The number of nitrogens with one attached hydrogen (secondary N) is 1. The molecule has 1 unspecified atom stereocenters. The van der Waals surface area contributed by atoms with Crippen molar-refractivity contribution in [2.45, 2.75) is 39.7 Å². The molecule has 19 heavy (non-hydrogen) atoms. The van der Waals surface area contributed by atoms with Crippen molar-refractivity contribution in [3.8, 4) is 0 Å². The molecule has 0 saturated heterocycles. The fraction of sp³-hybridized carbons (Fsp3) is 0.412. The second-order valence-corrected chi connectivity index (χ2v) is 6.08. The summed E-state index contributed by atoms with van der Waals surface area (Å²) in [5.74, 6) is 0. The molecule has 2 rings (SSSR count). The zero-order chi connectivity index (χ0) is 13.8. The van der Waals surface area contributed by atoms with Crippen LogP contribution in [0.1, 0.15) is 40.1 Å². The normalized spacial score (nSPS) is 12.6. The molecule has 0 aliphatic rings. The number of thiophene rings is 1. The van der Waals surface area contributed by atoms with Gasteiger partial charge < -0.3 is 5.32 Å². The molecular formula is C17H23NS. The standard InChI is InChI=1S/C17H23NS/c1-5-15-8-9-19-17(15)16(18-4)11-14-7-6-12(2)13(3)10-14/h6-10,16,18H,5,11H2,1-4H3. The van der Waals surface area contributed by atoms with Crippen LogP contribution in [0.4, 0.5) is 0 Å². The van der Waals surface area contributed by atoms with Gasteiger partial charge in [-0.05, 0) is 67.4 Å². The maximum atomic E-state index is 3.47. The molecule has 1 nitrogen and oxygen atoms in total. The number of rotatable bonds is 5. The highest BCUT2D eigenvalue weighted by Gasteiger charge is 2.15. The van der Waals surface area contributed by atoms with E-state index in [0.717, 1.165) is 12.8 Å². The highest BCUT2D eigenvalue weighted by molar-refractivity contribution is 7.10. The van der Waals surface area contributed by atoms with Crippen LogP contribution in [0.25, 0.3) is 0 Å². The maximum Gasteiger partial charge on any atom is 0.0456 e. The molecule has 0 spiro atoms. The Morgan fingerprint density at radius 1 is 1.16 bits per heavy atom. The molecule has 1 heterocycles. The van der Waals surface area contributed by atoms with E-state index in [1.807, 2.05) is 11.3 Å². The zero-order valence-electron chi connectivity index (χ0n) is 12.3. The zero-order valence-corrected chi connectivity index (χ0v) is 13.1. The summed E-state index contributed by atoms with van der Waals surface area (Å²) >= 11 is 1.87. The van der Waals surface area contributed by atoms with E-state index in [9.17, 15) is 0 Å². The Morgan fingerprint density at radius 2 is 1.95 bits per heavy atom. The minimum absolute atomic E-state index is 0.428. The van der Waals surface area contributed by atoms with E-state index in [2.05, 4.69) is 62.8 Å². The summed E-state index contributed by atoms with van der Waals surface area (Å²) in [4.78, 5) is 1.49. The van der Waals surface area contributed by atoms with Gasteiger partial charge in [-0.25, -0.2) is 0 Å². The summed E-state index contributed by atoms with van der Waals surface area (Å²) in [7, 11) is 2.06. The SMILES string of the molecule is CCc1ccsc1C(Cc1ccc(C)c(C)c1)NC. The van der Waals surface area contributed by atoms with E-state index < -0.39 is 0 Å². The van der Waals surface area contributed by atoms with E-state index >= 15 is 0 Å². The van der Waals surface area contributed by atoms with E-state index in [4.69, 9.17) is 0 Å². The van der Waals surface area contributed by atoms with Crippen molar-refractivity contribution in [3.63, 3.8) is 0 Å². The highest BCUT2D eigenvalue weighted by atomic mass is 32.1. The minimum Gasteiger partial charge on any atom is -0.312 e. The topological polar surface area (TPSA) is 12.0 Å². The first kappa shape index (κ1) is 14.3. The minimum atomic E-state index is 0.428. The molecule has 0 amide bonds. The van der Waals surface area contributed by atoms with Crippen molar-refractivity contribution in [2.24, 2.45) is 0 Å². The third-order valence-corrected chi connectivity index (χ3v) is 4.91. The Hall–Kier alpha value is -1.12. The third kappa shape index (κ3) is 3.26. The molecular weight excluding hydrogens is 250 g/mol. The molecule has 1 aromatic carbocycles. The fourth-order valence-electron chi connectivity index (χ4n) is 2.44. The number of hydrogen-bond acceptors (Lipinski definition) is 2. The van der Waals surface area contributed by atoms with Crippen molar-refractivity contribution in [1.29, 1.82) is 0 Å². The predicted molar refractivity (Wildman–Crippen MR) is 85.1 cm³/mol. The van der Waals surface area contributed by atoms with Gasteiger partial charge in [0.25, 0.3) is 0 Å². The average Bonchev–Trinajstić information content (AvgIpc) is 2.88. The van der Waals surface area contributed by atoms with Gasteiger partial charge in [-0.2, -0.15) is 0 Å². The lowest BCUT2D eigenvalue weighted by molar-refractivity contribution is 0.597. The van der Waals surface area contributed by atoms with Gasteiger partial charge in [0.2, 0.25) is 0 Å². The molecule has 0 fully saturated rings. The van der Waals surface area contributed by atoms with Gasteiger partial charge in [-0.3, -0.25) is 0 Å². The predicted octanol–water partition coefficient (Wildman–Crippen LogP) is 4.43. The second-order valence-electron chi connectivity index (χ2n) is 5.13. The van der Waals surface area contributed by atoms with E-state index in [1.54, 1.807) is 0 Å². The lowest BCUT2D eigenvalue weighted by Crippen LogP contribution is -2.19. The van der Waals surface area contributed by atoms with Crippen LogP contribution in [-0.2, 0) is 12.8 Å². The summed E-state index contributed by atoms with van der Waals surface area (Å²) in [6.45, 7) is 6.59. The van der Waals surface area contributed by atoms with Crippen LogP contribution in [0, 0.1) is 13.8 Å². The molecule has 2 heteroatoms. The van der Waals surface area contributed by atoms with Crippen molar-refractivity contribution in [1.82, 2.24) is 5.32 Å². The quantitative estimate of drug-likeness (QED) is 0.849. The van der Waals surface area contributed by atoms with Crippen LogP contribution in [-0.4, -0.2) is 7.05 Å². The van der Waals surface area contributed by atoms with Gasteiger partial charge in [-0.15, -0.1) is 11.3 Å². The molecule has 0 saturated carbocycles. The van der Waals surface area contributed by atoms with E-state index in [-0.39, 0.29) is 0 Å². The molecule has 0 bridgehead atoms. The summed E-state index contributed by atoms with van der Waals surface area (Å²) in [5.41, 5.74) is 5.65. The number of likely N-dealkylation sites (N-methyl/N-ethyl adjacent to an activating group) is 1. The summed E-state index contributed by atoms with van der Waals surface area (Å²) in [5, 5.41) is 5.68. The van der Waals surface area contributed by atoms with Crippen LogP contribution in [0.3, 0.4) is 0 Å². The van der Waals surface area contributed by atoms with Gasteiger partial charge in [0.15, 0.2) is 0 Å². The first-order chi connectivity index (χ1) is 9.15. The van der Waals surface area contributed by atoms with Crippen LogP contribution in [0.2, 0.25) is 0 Å². The highest BCUT2D eigenvalue weighted by Crippen LogP contribution is 2.28. The van der Waals surface area contributed by atoms with Crippen LogP contribution < -0.4 is 5.32 Å². The molecule has 0 aliphatic carbocycles.